The number of benzene rings is 1. The molecule has 0 bridgehead atoms. The largest absolute Gasteiger partial charge is 0.482 e. The molecule has 0 spiro atoms. The summed E-state index contributed by atoms with van der Waals surface area (Å²) >= 11 is 0. The van der Waals surface area contributed by atoms with E-state index in [0.717, 1.165) is 17.9 Å². The molecular formula is C16H23IN4O2. The zero-order chi connectivity index (χ0) is 15.5. The normalized spacial score (nSPS) is 17.2. The maximum Gasteiger partial charge on any atom is 0.265 e. The second-order valence-corrected chi connectivity index (χ2v) is 5.74. The highest BCUT2D eigenvalue weighted by Crippen LogP contribution is 2.31. The number of hydrogen-bond acceptors (Lipinski definition) is 3. The van der Waals surface area contributed by atoms with Crippen molar-refractivity contribution in [3.63, 3.8) is 0 Å². The molecule has 6 nitrogen and oxygen atoms in total. The Morgan fingerprint density at radius 3 is 2.91 bits per heavy atom. The van der Waals surface area contributed by atoms with Gasteiger partial charge in [0, 0.05) is 26.2 Å². The van der Waals surface area contributed by atoms with Gasteiger partial charge in [0.15, 0.2) is 12.6 Å². The molecule has 1 aromatic rings. The summed E-state index contributed by atoms with van der Waals surface area (Å²) in [6.45, 7) is 1.35. The molecule has 1 fully saturated rings. The highest BCUT2D eigenvalue weighted by Gasteiger charge is 2.27. The van der Waals surface area contributed by atoms with Crippen molar-refractivity contribution < 1.29 is 9.53 Å². The smallest absolute Gasteiger partial charge is 0.265 e. The minimum atomic E-state index is -0.00856. The molecule has 0 aromatic heterocycles. The van der Waals surface area contributed by atoms with Crippen LogP contribution in [-0.4, -0.2) is 49.6 Å². The number of nitrogens with zero attached hydrogens (tertiary/aromatic N) is 3. The van der Waals surface area contributed by atoms with Crippen LogP contribution in [0.15, 0.2) is 29.3 Å². The van der Waals surface area contributed by atoms with Gasteiger partial charge in [0.1, 0.15) is 5.75 Å². The van der Waals surface area contributed by atoms with Gasteiger partial charge in [-0.05, 0) is 31.4 Å². The number of guanidine groups is 1. The number of nitrogens with two attached hydrogens (primary N) is 1. The van der Waals surface area contributed by atoms with E-state index in [1.807, 2.05) is 36.2 Å². The van der Waals surface area contributed by atoms with E-state index in [1.54, 1.807) is 4.90 Å². The molecule has 0 atom stereocenters. The zero-order valence-electron chi connectivity index (χ0n) is 13.3. The molecular weight excluding hydrogens is 407 g/mol. The summed E-state index contributed by atoms with van der Waals surface area (Å²) in [5.41, 5.74) is 6.80. The average Bonchev–Trinajstić information content (AvgIpc) is 3.37. The van der Waals surface area contributed by atoms with Gasteiger partial charge >= 0.3 is 0 Å². The van der Waals surface area contributed by atoms with Gasteiger partial charge in [-0.15, -0.1) is 24.0 Å². The fraction of sp³-hybridized carbons (Fsp3) is 0.500. The molecule has 0 radical (unpaired) electrons. The quantitative estimate of drug-likeness (QED) is 0.335. The summed E-state index contributed by atoms with van der Waals surface area (Å²) in [6, 6.07) is 8.18. The summed E-state index contributed by atoms with van der Waals surface area (Å²) in [5, 5.41) is 0. The predicted octanol–water partition coefficient (Wildman–Crippen LogP) is 1.83. The monoisotopic (exact) mass is 430 g/mol. The summed E-state index contributed by atoms with van der Waals surface area (Å²) < 4.78 is 5.43. The molecule has 2 N–H and O–H groups in total. The third-order valence-corrected chi connectivity index (χ3v) is 4.08. The molecule has 3 rings (SSSR count). The number of carbonyl (C=O) groups is 1. The van der Waals surface area contributed by atoms with E-state index in [1.165, 1.54) is 12.8 Å². The van der Waals surface area contributed by atoms with Crippen LogP contribution in [0.25, 0.3) is 0 Å². The molecule has 1 aliphatic heterocycles. The van der Waals surface area contributed by atoms with Crippen LogP contribution in [-0.2, 0) is 4.79 Å². The standard InChI is InChI=1S/C16H22N4O2.HI/c1-19(12-7-8-12)16(17)18-9-4-10-20-13-5-2-3-6-14(13)22-11-15(20)21;/h2-3,5-6,12H,4,7-11H2,1H3,(H2,17,18);1H. The predicted molar refractivity (Wildman–Crippen MR) is 102 cm³/mol. The summed E-state index contributed by atoms with van der Waals surface area (Å²) in [6.07, 6.45) is 3.18. The van der Waals surface area contributed by atoms with E-state index >= 15 is 0 Å². The first-order chi connectivity index (χ1) is 10.7. The first-order valence-corrected chi connectivity index (χ1v) is 7.72. The van der Waals surface area contributed by atoms with Gasteiger partial charge in [0.05, 0.1) is 5.69 Å². The highest BCUT2D eigenvalue weighted by atomic mass is 127. The fourth-order valence-corrected chi connectivity index (χ4v) is 2.58. The topological polar surface area (TPSA) is 71.2 Å². The van der Waals surface area contributed by atoms with E-state index in [2.05, 4.69) is 4.99 Å². The molecule has 7 heteroatoms. The van der Waals surface area contributed by atoms with Crippen LogP contribution in [0.2, 0.25) is 0 Å². The van der Waals surface area contributed by atoms with Crippen molar-refractivity contribution in [1.29, 1.82) is 0 Å². The first-order valence-electron chi connectivity index (χ1n) is 7.72. The average molecular weight is 430 g/mol. The lowest BCUT2D eigenvalue weighted by atomic mass is 10.2. The molecule has 1 aliphatic carbocycles. The van der Waals surface area contributed by atoms with E-state index in [4.69, 9.17) is 10.5 Å². The molecule has 1 aromatic carbocycles. The molecule has 0 saturated heterocycles. The molecule has 23 heavy (non-hydrogen) atoms. The van der Waals surface area contributed by atoms with E-state index in [9.17, 15) is 4.79 Å². The molecule has 1 amide bonds. The van der Waals surface area contributed by atoms with Crippen molar-refractivity contribution in [2.75, 3.05) is 31.6 Å². The summed E-state index contributed by atoms with van der Waals surface area (Å²) in [4.78, 5) is 20.2. The van der Waals surface area contributed by atoms with Crippen LogP contribution in [0.5, 0.6) is 5.75 Å². The van der Waals surface area contributed by atoms with Crippen molar-refractivity contribution in [3.05, 3.63) is 24.3 Å². The number of halogens is 1. The number of hydrogen-bond donors (Lipinski definition) is 1. The molecule has 1 saturated carbocycles. The van der Waals surface area contributed by atoms with E-state index in [-0.39, 0.29) is 36.5 Å². The third-order valence-electron chi connectivity index (χ3n) is 4.08. The van der Waals surface area contributed by atoms with Crippen LogP contribution >= 0.6 is 24.0 Å². The van der Waals surface area contributed by atoms with Gasteiger partial charge in [-0.2, -0.15) is 0 Å². The Morgan fingerprint density at radius 2 is 2.17 bits per heavy atom. The summed E-state index contributed by atoms with van der Waals surface area (Å²) in [7, 11) is 1.98. The number of ether oxygens (including phenoxy) is 1. The maximum absolute atomic E-state index is 12.0. The fourth-order valence-electron chi connectivity index (χ4n) is 2.58. The second kappa shape index (κ2) is 7.85. The molecule has 0 unspecified atom stereocenters. The Balaban J connectivity index is 0.00000192. The van der Waals surface area contributed by atoms with Gasteiger partial charge in [0.2, 0.25) is 0 Å². The van der Waals surface area contributed by atoms with E-state index < -0.39 is 0 Å². The molecule has 1 heterocycles. The molecule has 2 aliphatic rings. The van der Waals surface area contributed by atoms with Crippen molar-refractivity contribution in [2.24, 2.45) is 10.7 Å². The van der Waals surface area contributed by atoms with Gasteiger partial charge < -0.3 is 20.3 Å². The number of fused-ring (bicyclic) bond motifs is 1. The number of para-hydroxylation sites is 2. The van der Waals surface area contributed by atoms with E-state index in [0.29, 0.717) is 25.1 Å². The number of amides is 1. The van der Waals surface area contributed by atoms with Crippen molar-refractivity contribution in [2.45, 2.75) is 25.3 Å². The van der Waals surface area contributed by atoms with Crippen molar-refractivity contribution in [1.82, 2.24) is 4.90 Å². The Bertz CT molecular complexity index is 589. The Morgan fingerprint density at radius 1 is 1.43 bits per heavy atom. The number of rotatable bonds is 5. The van der Waals surface area contributed by atoms with Crippen LogP contribution in [0.1, 0.15) is 19.3 Å². The first kappa shape index (κ1) is 17.8. The highest BCUT2D eigenvalue weighted by molar-refractivity contribution is 14.0. The van der Waals surface area contributed by atoms with Crippen LogP contribution in [0.3, 0.4) is 0 Å². The lowest BCUT2D eigenvalue weighted by Gasteiger charge is -2.29. The van der Waals surface area contributed by atoms with Crippen molar-refractivity contribution >= 4 is 41.5 Å². The Kier molecular flexibility index (Phi) is 6.09. The lowest BCUT2D eigenvalue weighted by molar-refractivity contribution is -0.121. The van der Waals surface area contributed by atoms with Gasteiger partial charge in [-0.3, -0.25) is 9.79 Å². The maximum atomic E-state index is 12.0. The number of aliphatic imine (C=N–C) groups is 1. The minimum absolute atomic E-state index is 0. The molecule has 126 valence electrons. The van der Waals surface area contributed by atoms with Gasteiger partial charge in [-0.25, -0.2) is 0 Å². The summed E-state index contributed by atoms with van der Waals surface area (Å²) in [5.74, 6) is 1.35. The SMILES string of the molecule is CN(C(N)=NCCCN1C(=O)COc2ccccc21)C1CC1.I. The van der Waals surface area contributed by atoms with Gasteiger partial charge in [0.25, 0.3) is 5.91 Å². The second-order valence-electron chi connectivity index (χ2n) is 5.74. The van der Waals surface area contributed by atoms with Crippen LogP contribution in [0.4, 0.5) is 5.69 Å². The van der Waals surface area contributed by atoms with Crippen LogP contribution in [0, 0.1) is 0 Å². The zero-order valence-corrected chi connectivity index (χ0v) is 15.6. The van der Waals surface area contributed by atoms with Crippen molar-refractivity contribution in [3.8, 4) is 5.75 Å². The third kappa shape index (κ3) is 4.27. The number of carbonyl (C=O) groups excluding carboxylic acids is 1. The minimum Gasteiger partial charge on any atom is -0.482 e. The number of anilines is 1. The lowest BCUT2D eigenvalue weighted by Crippen LogP contribution is -2.39. The Labute approximate surface area is 153 Å². The van der Waals surface area contributed by atoms with Crippen LogP contribution < -0.4 is 15.4 Å². The Hall–Kier alpha value is -1.51. The van der Waals surface area contributed by atoms with Gasteiger partial charge in [-0.1, -0.05) is 12.1 Å².